The Morgan fingerprint density at radius 1 is 1.21 bits per heavy atom. The number of pyridine rings is 1. The normalized spacial score (nSPS) is 21.0. The number of nitriles is 1. The molecule has 1 aromatic carbocycles. The van der Waals surface area contributed by atoms with E-state index in [0.29, 0.717) is 50.3 Å². The second kappa shape index (κ2) is 11.9. The van der Waals surface area contributed by atoms with Gasteiger partial charge in [0, 0.05) is 56.4 Å². The summed E-state index contributed by atoms with van der Waals surface area (Å²) >= 11 is 0. The minimum absolute atomic E-state index is 0.0457. The lowest BCUT2D eigenvalue weighted by molar-refractivity contribution is -0.129. The molecule has 0 bridgehead atoms. The van der Waals surface area contributed by atoms with Crippen LogP contribution in [0.3, 0.4) is 0 Å². The standard InChI is InChI=1S/C29H37N5O4/c1-29(2,3)21-7-9-23(10-8-21)34(28(36)25-16-24(37-4)18-33(25)19-30)26(20-6-5-13-31-17-20)27(35)32-22-11-14-38-15-12-22/h5-10,13,17,22,24-26H,11-12,14-16,18H2,1-4H3,(H,32,35)/t24-,25-,26?/m1/s1. The van der Waals surface area contributed by atoms with Crippen LogP contribution in [0.15, 0.2) is 48.8 Å². The molecule has 3 heterocycles. The number of ether oxygens (including phenoxy) is 2. The van der Waals surface area contributed by atoms with Gasteiger partial charge in [-0.05, 0) is 42.0 Å². The van der Waals surface area contributed by atoms with Crippen LogP contribution < -0.4 is 10.2 Å². The van der Waals surface area contributed by atoms with Gasteiger partial charge >= 0.3 is 0 Å². The number of hydrogen-bond acceptors (Lipinski definition) is 7. The highest BCUT2D eigenvalue weighted by Crippen LogP contribution is 2.33. The van der Waals surface area contributed by atoms with E-state index in [1.165, 1.54) is 9.80 Å². The van der Waals surface area contributed by atoms with E-state index in [0.717, 1.165) is 5.56 Å². The fourth-order valence-electron chi connectivity index (χ4n) is 5.08. The molecular weight excluding hydrogens is 482 g/mol. The van der Waals surface area contributed by atoms with Crippen molar-refractivity contribution in [2.45, 2.75) is 69.7 Å². The molecule has 0 aliphatic carbocycles. The third kappa shape index (κ3) is 6.14. The van der Waals surface area contributed by atoms with E-state index in [-0.39, 0.29) is 29.4 Å². The van der Waals surface area contributed by atoms with Crippen LogP contribution in [0.5, 0.6) is 0 Å². The van der Waals surface area contributed by atoms with Crippen molar-refractivity contribution in [1.82, 2.24) is 15.2 Å². The summed E-state index contributed by atoms with van der Waals surface area (Å²) in [6.45, 7) is 7.86. The number of aromatic nitrogens is 1. The van der Waals surface area contributed by atoms with Gasteiger partial charge in [-0.2, -0.15) is 5.26 Å². The molecule has 2 aliphatic rings. The average molecular weight is 520 g/mol. The molecule has 0 saturated carbocycles. The lowest BCUT2D eigenvalue weighted by Gasteiger charge is -2.35. The van der Waals surface area contributed by atoms with Crippen LogP contribution >= 0.6 is 0 Å². The molecule has 1 unspecified atom stereocenters. The van der Waals surface area contributed by atoms with Gasteiger partial charge in [-0.25, -0.2) is 0 Å². The second-order valence-corrected chi connectivity index (χ2v) is 11.0. The molecule has 3 atom stereocenters. The summed E-state index contributed by atoms with van der Waals surface area (Å²) in [5.41, 5.74) is 2.20. The molecule has 9 heteroatoms. The van der Waals surface area contributed by atoms with Crippen molar-refractivity contribution >= 4 is 17.5 Å². The predicted octanol–water partition coefficient (Wildman–Crippen LogP) is 3.32. The highest BCUT2D eigenvalue weighted by atomic mass is 16.5. The maximum absolute atomic E-state index is 14.3. The summed E-state index contributed by atoms with van der Waals surface area (Å²) in [6.07, 6.45) is 6.93. The first-order valence-electron chi connectivity index (χ1n) is 13.1. The number of carbonyl (C=O) groups excluding carboxylic acids is 2. The molecular formula is C29H37N5O4. The van der Waals surface area contributed by atoms with Gasteiger partial charge in [-0.15, -0.1) is 0 Å². The van der Waals surface area contributed by atoms with Crippen molar-refractivity contribution in [1.29, 1.82) is 5.26 Å². The van der Waals surface area contributed by atoms with Crippen LogP contribution in [0.4, 0.5) is 5.69 Å². The van der Waals surface area contributed by atoms with Crippen LogP contribution in [0.2, 0.25) is 0 Å². The van der Waals surface area contributed by atoms with E-state index >= 15 is 0 Å². The molecule has 0 radical (unpaired) electrons. The molecule has 1 N–H and O–H groups in total. The number of methoxy groups -OCH3 is 1. The van der Waals surface area contributed by atoms with Crippen molar-refractivity contribution in [2.24, 2.45) is 0 Å². The summed E-state index contributed by atoms with van der Waals surface area (Å²) in [6, 6.07) is 9.53. The lowest BCUT2D eigenvalue weighted by atomic mass is 9.87. The smallest absolute Gasteiger partial charge is 0.251 e. The zero-order chi connectivity index (χ0) is 27.3. The van der Waals surface area contributed by atoms with E-state index in [1.807, 2.05) is 24.3 Å². The quantitative estimate of drug-likeness (QED) is 0.559. The number of anilines is 1. The molecule has 38 heavy (non-hydrogen) atoms. The zero-order valence-corrected chi connectivity index (χ0v) is 22.6. The maximum atomic E-state index is 14.3. The number of nitrogens with one attached hydrogen (secondary N) is 1. The van der Waals surface area contributed by atoms with Crippen molar-refractivity contribution in [2.75, 3.05) is 31.8 Å². The number of likely N-dealkylation sites (tertiary alicyclic amines) is 1. The predicted molar refractivity (Wildman–Crippen MR) is 143 cm³/mol. The van der Waals surface area contributed by atoms with Crippen molar-refractivity contribution < 1.29 is 19.1 Å². The number of carbonyl (C=O) groups is 2. The lowest BCUT2D eigenvalue weighted by Crippen LogP contribution is -2.52. The highest BCUT2D eigenvalue weighted by Gasteiger charge is 2.43. The molecule has 202 valence electrons. The Balaban J connectivity index is 1.78. The molecule has 2 aliphatic heterocycles. The third-order valence-electron chi connectivity index (χ3n) is 7.33. The number of benzene rings is 1. The van der Waals surface area contributed by atoms with Crippen LogP contribution in [-0.4, -0.2) is 66.8 Å². The number of amides is 2. The second-order valence-electron chi connectivity index (χ2n) is 11.0. The molecule has 0 spiro atoms. The number of rotatable bonds is 7. The van der Waals surface area contributed by atoms with E-state index in [2.05, 4.69) is 37.3 Å². The largest absolute Gasteiger partial charge is 0.381 e. The molecule has 2 amide bonds. The van der Waals surface area contributed by atoms with Crippen LogP contribution in [0.25, 0.3) is 0 Å². The van der Waals surface area contributed by atoms with Gasteiger partial charge in [0.1, 0.15) is 12.1 Å². The molecule has 4 rings (SSSR count). The fraction of sp³-hybridized carbons (Fsp3) is 0.517. The molecule has 1 aromatic heterocycles. The van der Waals surface area contributed by atoms with Gasteiger partial charge in [0.2, 0.25) is 5.91 Å². The summed E-state index contributed by atoms with van der Waals surface area (Å²) < 4.78 is 10.9. The third-order valence-corrected chi connectivity index (χ3v) is 7.33. The van der Waals surface area contributed by atoms with Crippen molar-refractivity contribution in [3.63, 3.8) is 0 Å². The number of hydrogen-bond donors (Lipinski definition) is 1. The van der Waals surface area contributed by atoms with Crippen LogP contribution in [-0.2, 0) is 24.5 Å². The zero-order valence-electron chi connectivity index (χ0n) is 22.6. The Morgan fingerprint density at radius 3 is 2.50 bits per heavy atom. The fourth-order valence-corrected chi connectivity index (χ4v) is 5.08. The Morgan fingerprint density at radius 2 is 1.92 bits per heavy atom. The van der Waals surface area contributed by atoms with E-state index in [9.17, 15) is 14.9 Å². The Hall–Kier alpha value is -3.48. The average Bonchev–Trinajstić information content (AvgIpc) is 3.36. The summed E-state index contributed by atoms with van der Waals surface area (Å²) in [7, 11) is 1.58. The number of nitrogens with zero attached hydrogens (tertiary/aromatic N) is 4. The van der Waals surface area contributed by atoms with Crippen molar-refractivity contribution in [3.05, 3.63) is 59.9 Å². The topological polar surface area (TPSA) is 108 Å². The summed E-state index contributed by atoms with van der Waals surface area (Å²) in [4.78, 5) is 35.5. The van der Waals surface area contributed by atoms with Gasteiger partial charge in [0.05, 0.1) is 12.6 Å². The molecule has 2 fully saturated rings. The van der Waals surface area contributed by atoms with E-state index in [1.54, 1.807) is 31.6 Å². The summed E-state index contributed by atoms with van der Waals surface area (Å²) in [5, 5.41) is 13.0. The molecule has 9 nitrogen and oxygen atoms in total. The summed E-state index contributed by atoms with van der Waals surface area (Å²) in [5.74, 6) is -0.617. The Kier molecular flexibility index (Phi) is 8.65. The van der Waals surface area contributed by atoms with E-state index < -0.39 is 12.1 Å². The van der Waals surface area contributed by atoms with Gasteiger partial charge in [0.25, 0.3) is 5.91 Å². The Labute approximate surface area is 224 Å². The van der Waals surface area contributed by atoms with Gasteiger partial charge in [-0.1, -0.05) is 39.0 Å². The maximum Gasteiger partial charge on any atom is 0.251 e. The first-order valence-corrected chi connectivity index (χ1v) is 13.1. The molecule has 2 saturated heterocycles. The monoisotopic (exact) mass is 519 g/mol. The first-order chi connectivity index (χ1) is 18.2. The minimum Gasteiger partial charge on any atom is -0.381 e. The highest BCUT2D eigenvalue weighted by molar-refractivity contribution is 6.04. The van der Waals surface area contributed by atoms with Crippen molar-refractivity contribution in [3.8, 4) is 6.19 Å². The Bertz CT molecular complexity index is 1140. The van der Waals surface area contributed by atoms with Gasteiger partial charge in [0.15, 0.2) is 6.19 Å². The van der Waals surface area contributed by atoms with Gasteiger partial charge < -0.3 is 14.8 Å². The minimum atomic E-state index is -0.971. The van der Waals surface area contributed by atoms with E-state index in [4.69, 9.17) is 9.47 Å². The van der Waals surface area contributed by atoms with Gasteiger partial charge in [-0.3, -0.25) is 24.4 Å². The first kappa shape index (κ1) is 27.6. The molecule has 2 aromatic rings. The van der Waals surface area contributed by atoms with Crippen LogP contribution in [0, 0.1) is 11.5 Å². The van der Waals surface area contributed by atoms with Crippen LogP contribution in [0.1, 0.15) is 57.2 Å². The SMILES string of the molecule is CO[C@@H]1C[C@H](C(=O)N(c2ccc(C(C)(C)C)cc2)C(C(=O)NC2CCOCC2)c2cccnc2)N(C#N)C1.